The van der Waals surface area contributed by atoms with E-state index >= 15 is 0 Å². The lowest BCUT2D eigenvalue weighted by Crippen LogP contribution is -2.25. The number of carbonyl (C=O) groups is 1. The van der Waals surface area contributed by atoms with Crippen molar-refractivity contribution >= 4 is 17.5 Å². The van der Waals surface area contributed by atoms with Gasteiger partial charge in [0.1, 0.15) is 10.8 Å². The molecule has 0 spiro atoms. The quantitative estimate of drug-likeness (QED) is 0.774. The Morgan fingerprint density at radius 2 is 2.29 bits per heavy atom. The number of rotatable bonds is 4. The van der Waals surface area contributed by atoms with Crippen LogP contribution in [-0.2, 0) is 0 Å². The SMILES string of the molecule is CCCCNC(=O)c1cnc(Cl)cn1. The third-order valence-electron chi connectivity index (χ3n) is 1.67. The zero-order valence-corrected chi connectivity index (χ0v) is 8.71. The number of hydrogen-bond donors (Lipinski definition) is 1. The van der Waals surface area contributed by atoms with Gasteiger partial charge in [0.15, 0.2) is 0 Å². The molecular weight excluding hydrogens is 202 g/mol. The van der Waals surface area contributed by atoms with Gasteiger partial charge in [-0.2, -0.15) is 0 Å². The van der Waals surface area contributed by atoms with Crippen molar-refractivity contribution in [3.63, 3.8) is 0 Å². The zero-order valence-electron chi connectivity index (χ0n) is 7.96. The molecule has 1 aromatic heterocycles. The van der Waals surface area contributed by atoms with Crippen LogP contribution in [-0.4, -0.2) is 22.4 Å². The van der Waals surface area contributed by atoms with E-state index in [2.05, 4.69) is 22.2 Å². The van der Waals surface area contributed by atoms with Gasteiger partial charge in [-0.15, -0.1) is 0 Å². The Balaban J connectivity index is 2.48. The first-order valence-corrected chi connectivity index (χ1v) is 4.87. The molecule has 0 saturated carbocycles. The second-order valence-electron chi connectivity index (χ2n) is 2.83. The van der Waals surface area contributed by atoms with Crippen molar-refractivity contribution in [3.8, 4) is 0 Å². The van der Waals surface area contributed by atoms with Gasteiger partial charge in [0.25, 0.3) is 5.91 Å². The first-order valence-electron chi connectivity index (χ1n) is 4.49. The average Bonchev–Trinajstić information content (AvgIpc) is 2.19. The van der Waals surface area contributed by atoms with Crippen LogP contribution < -0.4 is 5.32 Å². The molecule has 0 aliphatic heterocycles. The second-order valence-corrected chi connectivity index (χ2v) is 3.22. The Kier molecular flexibility index (Phi) is 4.32. The van der Waals surface area contributed by atoms with Crippen molar-refractivity contribution in [1.29, 1.82) is 0 Å². The second kappa shape index (κ2) is 5.54. The number of amides is 1. The summed E-state index contributed by atoms with van der Waals surface area (Å²) >= 11 is 5.54. The monoisotopic (exact) mass is 213 g/mol. The minimum atomic E-state index is -0.206. The van der Waals surface area contributed by atoms with Gasteiger partial charge in [-0.3, -0.25) is 4.79 Å². The molecule has 76 valence electrons. The highest BCUT2D eigenvalue weighted by atomic mass is 35.5. The van der Waals surface area contributed by atoms with Crippen molar-refractivity contribution in [3.05, 3.63) is 23.2 Å². The van der Waals surface area contributed by atoms with Crippen LogP contribution >= 0.6 is 11.6 Å². The van der Waals surface area contributed by atoms with Crippen molar-refractivity contribution < 1.29 is 4.79 Å². The van der Waals surface area contributed by atoms with Gasteiger partial charge in [0.05, 0.1) is 12.4 Å². The number of nitrogens with zero attached hydrogens (tertiary/aromatic N) is 2. The van der Waals surface area contributed by atoms with Gasteiger partial charge in [0.2, 0.25) is 0 Å². The van der Waals surface area contributed by atoms with E-state index in [0.717, 1.165) is 12.8 Å². The fourth-order valence-electron chi connectivity index (χ4n) is 0.899. The number of nitrogens with one attached hydrogen (secondary N) is 1. The Morgan fingerprint density at radius 1 is 1.50 bits per heavy atom. The Labute approximate surface area is 87.7 Å². The predicted octanol–water partition coefficient (Wildman–Crippen LogP) is 1.66. The number of unbranched alkanes of at least 4 members (excludes halogenated alkanes) is 1. The molecule has 0 aliphatic carbocycles. The fourth-order valence-corrected chi connectivity index (χ4v) is 0.996. The lowest BCUT2D eigenvalue weighted by Gasteiger charge is -2.02. The molecule has 1 heterocycles. The third-order valence-corrected chi connectivity index (χ3v) is 1.86. The van der Waals surface area contributed by atoms with Crippen molar-refractivity contribution in [2.24, 2.45) is 0 Å². The summed E-state index contributed by atoms with van der Waals surface area (Å²) in [5.41, 5.74) is 0.297. The molecule has 0 radical (unpaired) electrons. The number of aromatic nitrogens is 2. The van der Waals surface area contributed by atoms with Crippen molar-refractivity contribution in [2.45, 2.75) is 19.8 Å². The maximum atomic E-state index is 11.4. The summed E-state index contributed by atoms with van der Waals surface area (Å²) in [6, 6.07) is 0. The van der Waals surface area contributed by atoms with E-state index in [9.17, 15) is 4.79 Å². The van der Waals surface area contributed by atoms with E-state index < -0.39 is 0 Å². The average molecular weight is 214 g/mol. The van der Waals surface area contributed by atoms with Crippen molar-refractivity contribution in [2.75, 3.05) is 6.54 Å². The molecule has 4 nitrogen and oxygen atoms in total. The molecule has 0 saturated heterocycles. The van der Waals surface area contributed by atoms with E-state index in [1.54, 1.807) is 0 Å². The summed E-state index contributed by atoms with van der Waals surface area (Å²) < 4.78 is 0. The van der Waals surface area contributed by atoms with Crippen LogP contribution in [0.1, 0.15) is 30.3 Å². The molecule has 0 atom stereocenters. The van der Waals surface area contributed by atoms with Gasteiger partial charge in [-0.1, -0.05) is 24.9 Å². The van der Waals surface area contributed by atoms with Crippen LogP contribution in [0.4, 0.5) is 0 Å². The summed E-state index contributed by atoms with van der Waals surface area (Å²) in [6.07, 6.45) is 4.74. The summed E-state index contributed by atoms with van der Waals surface area (Å²) in [4.78, 5) is 19.0. The molecule has 1 aromatic rings. The fraction of sp³-hybridized carbons (Fsp3) is 0.444. The van der Waals surface area contributed by atoms with Crippen molar-refractivity contribution in [1.82, 2.24) is 15.3 Å². The summed E-state index contributed by atoms with van der Waals surface area (Å²) in [7, 11) is 0. The minimum Gasteiger partial charge on any atom is -0.351 e. The summed E-state index contributed by atoms with van der Waals surface area (Å²) in [6.45, 7) is 2.73. The van der Waals surface area contributed by atoms with E-state index in [4.69, 9.17) is 11.6 Å². The minimum absolute atomic E-state index is 0.206. The number of halogens is 1. The standard InChI is InChI=1S/C9H12ClN3O/c1-2-3-4-11-9(14)7-5-13-8(10)6-12-7/h5-6H,2-4H2,1H3,(H,11,14). The Hall–Kier alpha value is -1.16. The van der Waals surface area contributed by atoms with Gasteiger partial charge < -0.3 is 5.32 Å². The van der Waals surface area contributed by atoms with E-state index in [0.29, 0.717) is 12.2 Å². The lowest BCUT2D eigenvalue weighted by molar-refractivity contribution is 0.0948. The Morgan fingerprint density at radius 3 is 2.86 bits per heavy atom. The molecule has 1 amide bonds. The van der Waals surface area contributed by atoms with Crippen LogP contribution in [0, 0.1) is 0 Å². The highest BCUT2D eigenvalue weighted by Crippen LogP contribution is 2.00. The molecule has 5 heteroatoms. The van der Waals surface area contributed by atoms with Gasteiger partial charge in [-0.25, -0.2) is 9.97 Å². The predicted molar refractivity (Wildman–Crippen MR) is 54.3 cm³/mol. The van der Waals surface area contributed by atoms with Crippen LogP contribution in [0.25, 0.3) is 0 Å². The maximum absolute atomic E-state index is 11.4. The lowest BCUT2D eigenvalue weighted by atomic mass is 10.3. The molecule has 0 bridgehead atoms. The normalized spacial score (nSPS) is 9.86. The molecule has 1 rings (SSSR count). The zero-order chi connectivity index (χ0) is 10.4. The smallest absolute Gasteiger partial charge is 0.271 e. The van der Waals surface area contributed by atoms with Crippen LogP contribution in [0.15, 0.2) is 12.4 Å². The van der Waals surface area contributed by atoms with Crippen LogP contribution in [0.5, 0.6) is 0 Å². The van der Waals surface area contributed by atoms with E-state index in [-0.39, 0.29) is 11.1 Å². The molecule has 14 heavy (non-hydrogen) atoms. The number of hydrogen-bond acceptors (Lipinski definition) is 3. The molecule has 1 N–H and O–H groups in total. The highest BCUT2D eigenvalue weighted by molar-refractivity contribution is 6.29. The highest BCUT2D eigenvalue weighted by Gasteiger charge is 2.05. The van der Waals surface area contributed by atoms with Gasteiger partial charge >= 0.3 is 0 Å². The van der Waals surface area contributed by atoms with Crippen LogP contribution in [0.2, 0.25) is 5.15 Å². The van der Waals surface area contributed by atoms with E-state index in [1.165, 1.54) is 12.4 Å². The largest absolute Gasteiger partial charge is 0.351 e. The van der Waals surface area contributed by atoms with Gasteiger partial charge in [0, 0.05) is 6.54 Å². The molecule has 0 unspecified atom stereocenters. The third kappa shape index (κ3) is 3.30. The summed E-state index contributed by atoms with van der Waals surface area (Å²) in [5, 5.41) is 3.02. The first-order chi connectivity index (χ1) is 6.74. The Bertz CT molecular complexity index is 299. The number of carbonyl (C=O) groups excluding carboxylic acids is 1. The van der Waals surface area contributed by atoms with Crippen LogP contribution in [0.3, 0.4) is 0 Å². The summed E-state index contributed by atoms with van der Waals surface area (Å²) in [5.74, 6) is -0.206. The van der Waals surface area contributed by atoms with E-state index in [1.807, 2.05) is 0 Å². The molecule has 0 aliphatic rings. The molecular formula is C9H12ClN3O. The molecule has 0 fully saturated rings. The van der Waals surface area contributed by atoms with Gasteiger partial charge in [-0.05, 0) is 6.42 Å². The first kappa shape index (κ1) is 10.9. The molecule has 0 aromatic carbocycles. The topological polar surface area (TPSA) is 54.9 Å². The maximum Gasteiger partial charge on any atom is 0.271 e.